The number of hydrogen-bond donors (Lipinski definition) is 2. The van der Waals surface area contributed by atoms with Crippen LogP contribution in [0.4, 0.5) is 10.1 Å². The number of rotatable bonds is 4. The average Bonchev–Trinajstić information content (AvgIpc) is 2.86. The number of carbonyl (C=O) groups is 1. The summed E-state index contributed by atoms with van der Waals surface area (Å²) in [6.45, 7) is 0. The first kappa shape index (κ1) is 16.8. The minimum absolute atomic E-state index is 0.0734. The standard InChI is InChI=1S/C16H12ClFN4O3/c17-12-5-2-6-13(18)11(12)8-16(14(23)20-15(19)21-16)9-3-1-4-10(7-9)22(24)25/h1-7H,8H2,(H3,19,20,21,23). The van der Waals surface area contributed by atoms with Crippen LogP contribution in [0.1, 0.15) is 11.1 Å². The highest BCUT2D eigenvalue weighted by Gasteiger charge is 2.46. The fourth-order valence-electron chi connectivity index (χ4n) is 2.76. The number of amides is 1. The number of non-ortho nitro benzene ring substituents is 1. The lowest BCUT2D eigenvalue weighted by Crippen LogP contribution is -2.40. The lowest BCUT2D eigenvalue weighted by molar-refractivity contribution is -0.384. The average molecular weight is 363 g/mol. The molecule has 1 amide bonds. The summed E-state index contributed by atoms with van der Waals surface area (Å²) in [7, 11) is 0. The molecule has 0 aliphatic carbocycles. The van der Waals surface area contributed by atoms with Gasteiger partial charge in [0.05, 0.1) is 4.92 Å². The number of nitro groups is 1. The molecule has 1 atom stereocenters. The van der Waals surface area contributed by atoms with Crippen LogP contribution in [0.2, 0.25) is 5.02 Å². The molecule has 0 radical (unpaired) electrons. The number of aliphatic imine (C=N–C) groups is 1. The Hall–Kier alpha value is -3.00. The molecule has 128 valence electrons. The molecule has 0 spiro atoms. The Morgan fingerprint density at radius 3 is 2.64 bits per heavy atom. The summed E-state index contributed by atoms with van der Waals surface area (Å²) in [6, 6.07) is 9.57. The summed E-state index contributed by atoms with van der Waals surface area (Å²) >= 11 is 6.06. The van der Waals surface area contributed by atoms with Gasteiger partial charge in [-0.3, -0.25) is 20.2 Å². The first-order chi connectivity index (χ1) is 11.8. The maximum absolute atomic E-state index is 14.2. The van der Waals surface area contributed by atoms with Gasteiger partial charge in [0, 0.05) is 29.1 Å². The van der Waals surface area contributed by atoms with Crippen molar-refractivity contribution >= 4 is 29.2 Å². The zero-order chi connectivity index (χ0) is 18.2. The molecule has 2 aromatic carbocycles. The summed E-state index contributed by atoms with van der Waals surface area (Å²) in [6.07, 6.45) is -0.230. The van der Waals surface area contributed by atoms with E-state index in [2.05, 4.69) is 10.3 Å². The monoisotopic (exact) mass is 362 g/mol. The molecule has 1 aliphatic rings. The molecular formula is C16H12ClFN4O3. The molecule has 0 fully saturated rings. The third-order valence-electron chi connectivity index (χ3n) is 3.96. The van der Waals surface area contributed by atoms with Crippen molar-refractivity contribution in [3.8, 4) is 0 Å². The quantitative estimate of drug-likeness (QED) is 0.642. The van der Waals surface area contributed by atoms with E-state index in [1.807, 2.05) is 0 Å². The molecule has 1 unspecified atom stereocenters. The Morgan fingerprint density at radius 1 is 1.32 bits per heavy atom. The fraction of sp³-hybridized carbons (Fsp3) is 0.125. The summed E-state index contributed by atoms with van der Waals surface area (Å²) in [4.78, 5) is 27.2. The number of nitro benzene ring substituents is 1. The van der Waals surface area contributed by atoms with Crippen molar-refractivity contribution in [3.63, 3.8) is 0 Å². The van der Waals surface area contributed by atoms with Crippen LogP contribution >= 0.6 is 11.6 Å². The summed E-state index contributed by atoms with van der Waals surface area (Å²) in [5.41, 5.74) is 4.06. The predicted octanol–water partition coefficient (Wildman–Crippen LogP) is 2.27. The molecule has 3 N–H and O–H groups in total. The molecule has 7 nitrogen and oxygen atoms in total. The second-order valence-electron chi connectivity index (χ2n) is 5.50. The van der Waals surface area contributed by atoms with E-state index < -0.39 is 22.2 Å². The topological polar surface area (TPSA) is 111 Å². The second kappa shape index (κ2) is 6.14. The first-order valence-corrected chi connectivity index (χ1v) is 7.56. The van der Waals surface area contributed by atoms with E-state index in [1.165, 1.54) is 42.5 Å². The van der Waals surface area contributed by atoms with Crippen LogP contribution < -0.4 is 11.1 Å². The predicted molar refractivity (Wildman–Crippen MR) is 89.7 cm³/mol. The highest BCUT2D eigenvalue weighted by molar-refractivity contribution is 6.31. The number of halogens is 2. The van der Waals surface area contributed by atoms with Crippen molar-refractivity contribution in [1.29, 1.82) is 0 Å². The molecular weight excluding hydrogens is 351 g/mol. The zero-order valence-corrected chi connectivity index (χ0v) is 13.5. The Kier molecular flexibility index (Phi) is 4.13. The fourth-order valence-corrected chi connectivity index (χ4v) is 2.99. The van der Waals surface area contributed by atoms with Crippen LogP contribution in [0.15, 0.2) is 47.5 Å². The van der Waals surface area contributed by atoms with Crippen LogP contribution in [0.3, 0.4) is 0 Å². The zero-order valence-electron chi connectivity index (χ0n) is 12.7. The van der Waals surface area contributed by atoms with Crippen LogP contribution in [0.5, 0.6) is 0 Å². The molecule has 1 heterocycles. The molecule has 9 heteroatoms. The van der Waals surface area contributed by atoms with Gasteiger partial charge in [0.25, 0.3) is 11.6 Å². The molecule has 3 rings (SSSR count). The molecule has 2 aromatic rings. The van der Waals surface area contributed by atoms with Gasteiger partial charge < -0.3 is 5.73 Å². The van der Waals surface area contributed by atoms with Gasteiger partial charge in [-0.05, 0) is 17.7 Å². The maximum Gasteiger partial charge on any atom is 0.269 e. The van der Waals surface area contributed by atoms with Crippen molar-refractivity contribution in [2.45, 2.75) is 12.0 Å². The van der Waals surface area contributed by atoms with Crippen LogP contribution in [0, 0.1) is 15.9 Å². The van der Waals surface area contributed by atoms with Crippen molar-refractivity contribution < 1.29 is 14.1 Å². The van der Waals surface area contributed by atoms with Crippen LogP contribution in [0.25, 0.3) is 0 Å². The van der Waals surface area contributed by atoms with Gasteiger partial charge in [0.2, 0.25) is 0 Å². The van der Waals surface area contributed by atoms with Gasteiger partial charge in [-0.15, -0.1) is 0 Å². The minimum Gasteiger partial charge on any atom is -0.370 e. The maximum atomic E-state index is 14.2. The van der Waals surface area contributed by atoms with Gasteiger partial charge in [-0.25, -0.2) is 9.38 Å². The van der Waals surface area contributed by atoms with E-state index in [0.29, 0.717) is 0 Å². The smallest absolute Gasteiger partial charge is 0.269 e. The Balaban J connectivity index is 2.18. The van der Waals surface area contributed by atoms with Gasteiger partial charge >= 0.3 is 0 Å². The summed E-state index contributed by atoms with van der Waals surface area (Å²) in [5, 5.41) is 13.5. The summed E-state index contributed by atoms with van der Waals surface area (Å²) in [5.74, 6) is -1.36. The van der Waals surface area contributed by atoms with E-state index >= 15 is 0 Å². The van der Waals surface area contributed by atoms with Crippen molar-refractivity contribution in [1.82, 2.24) is 5.32 Å². The highest BCUT2D eigenvalue weighted by Crippen LogP contribution is 2.37. The molecule has 0 bridgehead atoms. The van der Waals surface area contributed by atoms with Crippen molar-refractivity contribution in [3.05, 3.63) is 74.5 Å². The molecule has 1 aliphatic heterocycles. The van der Waals surface area contributed by atoms with E-state index in [4.69, 9.17) is 17.3 Å². The Labute approximate surface area is 146 Å². The van der Waals surface area contributed by atoms with Gasteiger partial charge in [0.1, 0.15) is 5.82 Å². The third kappa shape index (κ3) is 2.91. The van der Waals surface area contributed by atoms with E-state index in [9.17, 15) is 19.3 Å². The van der Waals surface area contributed by atoms with E-state index in [-0.39, 0.29) is 34.2 Å². The molecule has 0 saturated carbocycles. The molecule has 25 heavy (non-hydrogen) atoms. The second-order valence-corrected chi connectivity index (χ2v) is 5.90. The van der Waals surface area contributed by atoms with Crippen LogP contribution in [-0.4, -0.2) is 16.8 Å². The minimum atomic E-state index is -1.64. The van der Waals surface area contributed by atoms with E-state index in [1.54, 1.807) is 0 Å². The molecule has 0 aromatic heterocycles. The molecule has 0 saturated heterocycles. The summed E-state index contributed by atoms with van der Waals surface area (Å²) < 4.78 is 14.2. The number of benzene rings is 2. The SMILES string of the molecule is NC1=NC(Cc2c(F)cccc2Cl)(c2cccc([N+](=O)[O-])c2)C(=O)N1. The van der Waals surface area contributed by atoms with Crippen molar-refractivity contribution in [2.75, 3.05) is 0 Å². The largest absolute Gasteiger partial charge is 0.370 e. The lowest BCUT2D eigenvalue weighted by atomic mass is 9.83. The third-order valence-corrected chi connectivity index (χ3v) is 4.31. The lowest BCUT2D eigenvalue weighted by Gasteiger charge is -2.24. The number of carbonyl (C=O) groups excluding carboxylic acids is 1. The number of guanidine groups is 1. The van der Waals surface area contributed by atoms with Crippen LogP contribution in [-0.2, 0) is 16.8 Å². The van der Waals surface area contributed by atoms with Crippen molar-refractivity contribution in [2.24, 2.45) is 10.7 Å². The number of hydrogen-bond acceptors (Lipinski definition) is 5. The normalized spacial score (nSPS) is 19.4. The van der Waals surface area contributed by atoms with Gasteiger partial charge in [-0.1, -0.05) is 29.8 Å². The van der Waals surface area contributed by atoms with E-state index in [0.717, 1.165) is 0 Å². The first-order valence-electron chi connectivity index (χ1n) is 7.18. The van der Waals surface area contributed by atoms with Gasteiger partial charge in [-0.2, -0.15) is 0 Å². The Morgan fingerprint density at radius 2 is 2.04 bits per heavy atom. The number of nitrogens with zero attached hydrogens (tertiary/aromatic N) is 2. The number of nitrogens with two attached hydrogens (primary N) is 1. The highest BCUT2D eigenvalue weighted by atomic mass is 35.5. The Bertz CT molecular complexity index is 898. The van der Waals surface area contributed by atoms with Gasteiger partial charge in [0.15, 0.2) is 11.5 Å². The number of nitrogens with one attached hydrogen (secondary N) is 1.